The quantitative estimate of drug-likeness (QED) is 0.334. The maximum atomic E-state index is 14.1. The first-order valence-electron chi connectivity index (χ1n) is 10.1. The average Bonchev–Trinajstić information content (AvgIpc) is 2.70. The van der Waals surface area contributed by atoms with Gasteiger partial charge in [-0.3, -0.25) is 4.99 Å². The molecule has 0 unspecified atom stereocenters. The van der Waals surface area contributed by atoms with Gasteiger partial charge in [0.15, 0.2) is 0 Å². The molecule has 0 saturated carbocycles. The number of aryl methyl sites for hydroxylation is 2. The number of rotatable bonds is 9. The second-order valence-corrected chi connectivity index (χ2v) is 7.58. The summed E-state index contributed by atoms with van der Waals surface area (Å²) < 4.78 is 14.1. The molecule has 2 aromatic carbocycles. The molecule has 0 aromatic heterocycles. The molecule has 0 aliphatic heterocycles. The third kappa shape index (κ3) is 6.90. The fourth-order valence-corrected chi connectivity index (χ4v) is 2.76. The summed E-state index contributed by atoms with van der Waals surface area (Å²) >= 11 is 0. The van der Waals surface area contributed by atoms with Crippen molar-refractivity contribution in [3.63, 3.8) is 0 Å². The predicted molar refractivity (Wildman–Crippen MR) is 122 cm³/mol. The van der Waals surface area contributed by atoms with Crippen molar-refractivity contribution in [2.45, 2.75) is 47.2 Å². The van der Waals surface area contributed by atoms with Crippen LogP contribution in [0.2, 0.25) is 0 Å². The van der Waals surface area contributed by atoms with E-state index in [-0.39, 0.29) is 11.7 Å². The van der Waals surface area contributed by atoms with Crippen molar-refractivity contribution in [1.82, 2.24) is 5.32 Å². The number of nitrogens with two attached hydrogens (primary N) is 1. The van der Waals surface area contributed by atoms with Crippen LogP contribution < -0.4 is 11.1 Å². The molecule has 2 rings (SSSR count). The van der Waals surface area contributed by atoms with Gasteiger partial charge in [-0.1, -0.05) is 63.8 Å². The van der Waals surface area contributed by atoms with Gasteiger partial charge in [0.2, 0.25) is 0 Å². The lowest BCUT2D eigenvalue weighted by Gasteiger charge is -2.11. The van der Waals surface area contributed by atoms with Gasteiger partial charge in [0.1, 0.15) is 5.82 Å². The SMILES string of the molecule is C=C(/C=C/c1ccc(CC)cc1F)NCc1cc(CN=C(N)C(C)C)ccc1C. The fourth-order valence-electron chi connectivity index (χ4n) is 2.76. The molecule has 154 valence electrons. The van der Waals surface area contributed by atoms with Gasteiger partial charge < -0.3 is 11.1 Å². The number of benzene rings is 2. The number of amidine groups is 1. The number of hydrogen-bond donors (Lipinski definition) is 2. The highest BCUT2D eigenvalue weighted by Crippen LogP contribution is 2.15. The van der Waals surface area contributed by atoms with E-state index >= 15 is 0 Å². The Morgan fingerprint density at radius 3 is 2.59 bits per heavy atom. The van der Waals surface area contributed by atoms with E-state index in [0.29, 0.717) is 24.5 Å². The molecular formula is C25H32FN3. The number of nitrogens with zero attached hydrogens (tertiary/aromatic N) is 1. The van der Waals surface area contributed by atoms with Crippen LogP contribution >= 0.6 is 0 Å². The zero-order valence-electron chi connectivity index (χ0n) is 17.9. The predicted octanol–water partition coefficient (Wildman–Crippen LogP) is 5.53. The van der Waals surface area contributed by atoms with E-state index in [4.69, 9.17) is 5.73 Å². The van der Waals surface area contributed by atoms with Crippen LogP contribution in [0.4, 0.5) is 4.39 Å². The van der Waals surface area contributed by atoms with Crippen LogP contribution in [-0.4, -0.2) is 5.84 Å². The Hall–Kier alpha value is -2.88. The van der Waals surface area contributed by atoms with Gasteiger partial charge in [-0.15, -0.1) is 0 Å². The maximum absolute atomic E-state index is 14.1. The Morgan fingerprint density at radius 2 is 1.93 bits per heavy atom. The second kappa shape index (κ2) is 10.6. The summed E-state index contributed by atoms with van der Waals surface area (Å²) in [6.45, 7) is 13.4. The smallest absolute Gasteiger partial charge is 0.130 e. The minimum atomic E-state index is -0.210. The summed E-state index contributed by atoms with van der Waals surface area (Å²) in [5, 5.41) is 3.30. The average molecular weight is 394 g/mol. The molecule has 0 saturated heterocycles. The molecular weight excluding hydrogens is 361 g/mol. The van der Waals surface area contributed by atoms with Crippen LogP contribution in [-0.2, 0) is 19.5 Å². The maximum Gasteiger partial charge on any atom is 0.130 e. The summed E-state index contributed by atoms with van der Waals surface area (Å²) in [7, 11) is 0. The molecule has 0 aliphatic rings. The van der Waals surface area contributed by atoms with Crippen molar-refractivity contribution in [1.29, 1.82) is 0 Å². The minimum Gasteiger partial charge on any atom is -0.387 e. The summed E-state index contributed by atoms with van der Waals surface area (Å²) in [5.41, 5.74) is 11.7. The lowest BCUT2D eigenvalue weighted by molar-refractivity contribution is 0.623. The van der Waals surface area contributed by atoms with Gasteiger partial charge in [0, 0.05) is 23.7 Å². The molecule has 3 N–H and O–H groups in total. The lowest BCUT2D eigenvalue weighted by atomic mass is 10.0. The van der Waals surface area contributed by atoms with Crippen molar-refractivity contribution >= 4 is 11.9 Å². The Morgan fingerprint density at radius 1 is 1.21 bits per heavy atom. The molecule has 29 heavy (non-hydrogen) atoms. The first kappa shape index (κ1) is 22.4. The van der Waals surface area contributed by atoms with Gasteiger partial charge >= 0.3 is 0 Å². The first-order valence-corrected chi connectivity index (χ1v) is 10.1. The van der Waals surface area contributed by atoms with Crippen molar-refractivity contribution in [2.24, 2.45) is 16.6 Å². The van der Waals surface area contributed by atoms with Crippen molar-refractivity contribution in [2.75, 3.05) is 0 Å². The number of aliphatic imine (C=N–C) groups is 1. The molecule has 0 radical (unpaired) electrons. The topological polar surface area (TPSA) is 50.4 Å². The molecule has 0 aliphatic carbocycles. The van der Waals surface area contributed by atoms with Crippen LogP contribution in [0.15, 0.2) is 59.7 Å². The highest BCUT2D eigenvalue weighted by Gasteiger charge is 2.03. The van der Waals surface area contributed by atoms with E-state index in [1.165, 1.54) is 11.1 Å². The Kier molecular flexibility index (Phi) is 8.20. The minimum absolute atomic E-state index is 0.210. The Balaban J connectivity index is 1.99. The van der Waals surface area contributed by atoms with E-state index in [1.54, 1.807) is 24.3 Å². The van der Waals surface area contributed by atoms with E-state index in [0.717, 1.165) is 23.2 Å². The second-order valence-electron chi connectivity index (χ2n) is 7.58. The summed E-state index contributed by atoms with van der Waals surface area (Å²) in [6, 6.07) is 11.6. The Labute approximate surface area is 174 Å². The zero-order chi connectivity index (χ0) is 21.4. The largest absolute Gasteiger partial charge is 0.387 e. The van der Waals surface area contributed by atoms with Gasteiger partial charge in [-0.25, -0.2) is 4.39 Å². The third-order valence-corrected chi connectivity index (χ3v) is 4.89. The van der Waals surface area contributed by atoms with Crippen LogP contribution in [0.3, 0.4) is 0 Å². The summed E-state index contributed by atoms with van der Waals surface area (Å²) in [5.74, 6) is 0.709. The molecule has 0 bridgehead atoms. The van der Waals surface area contributed by atoms with Crippen molar-refractivity contribution in [3.8, 4) is 0 Å². The third-order valence-electron chi connectivity index (χ3n) is 4.89. The van der Waals surface area contributed by atoms with Crippen molar-refractivity contribution in [3.05, 3.63) is 88.4 Å². The molecule has 2 aromatic rings. The van der Waals surface area contributed by atoms with Crippen LogP contribution in [0, 0.1) is 18.7 Å². The first-order chi connectivity index (χ1) is 13.8. The van der Waals surface area contributed by atoms with E-state index in [1.807, 2.05) is 26.8 Å². The summed E-state index contributed by atoms with van der Waals surface area (Å²) in [4.78, 5) is 4.45. The number of allylic oxidation sites excluding steroid dienone is 1. The molecule has 4 heteroatoms. The molecule has 0 heterocycles. The zero-order valence-corrected chi connectivity index (χ0v) is 17.9. The van der Waals surface area contributed by atoms with Gasteiger partial charge in [-0.05, 0) is 47.7 Å². The summed E-state index contributed by atoms with van der Waals surface area (Å²) in [6.07, 6.45) is 4.37. The molecule has 3 nitrogen and oxygen atoms in total. The highest BCUT2D eigenvalue weighted by atomic mass is 19.1. The van der Waals surface area contributed by atoms with E-state index in [2.05, 4.69) is 42.0 Å². The lowest BCUT2D eigenvalue weighted by Crippen LogP contribution is -2.18. The van der Waals surface area contributed by atoms with Crippen LogP contribution in [0.25, 0.3) is 6.08 Å². The standard InChI is InChI=1S/C25H32FN3/c1-6-20-10-12-22(24(26)14-20)11-8-19(5)28-16-23-13-21(9-7-18(23)4)15-29-25(27)17(2)3/h7-14,17,28H,5-6,15-16H2,1-4H3,(H2,27,29)/b11-8+. The van der Waals surface area contributed by atoms with Gasteiger partial charge in [-0.2, -0.15) is 0 Å². The molecule has 0 fully saturated rings. The molecule has 0 spiro atoms. The van der Waals surface area contributed by atoms with Crippen LogP contribution in [0.1, 0.15) is 48.6 Å². The normalized spacial score (nSPS) is 12.0. The van der Waals surface area contributed by atoms with Crippen molar-refractivity contribution < 1.29 is 4.39 Å². The molecule has 0 amide bonds. The number of halogens is 1. The number of hydrogen-bond acceptors (Lipinski definition) is 2. The van der Waals surface area contributed by atoms with Gasteiger partial charge in [0.25, 0.3) is 0 Å². The van der Waals surface area contributed by atoms with Gasteiger partial charge in [0.05, 0.1) is 12.4 Å². The Bertz CT molecular complexity index is 910. The van der Waals surface area contributed by atoms with E-state index in [9.17, 15) is 4.39 Å². The van der Waals surface area contributed by atoms with E-state index < -0.39 is 0 Å². The fraction of sp³-hybridized carbons (Fsp3) is 0.320. The monoisotopic (exact) mass is 393 g/mol. The number of nitrogens with one attached hydrogen (secondary N) is 1. The van der Waals surface area contributed by atoms with Crippen LogP contribution in [0.5, 0.6) is 0 Å². The molecule has 0 atom stereocenters. The highest BCUT2D eigenvalue weighted by molar-refractivity contribution is 5.82.